The molecular formula is C16H22N2O3. The molecule has 5 heteroatoms. The summed E-state index contributed by atoms with van der Waals surface area (Å²) in [5.41, 5.74) is 2.48. The molecule has 1 aromatic rings. The van der Waals surface area contributed by atoms with Crippen LogP contribution >= 0.6 is 0 Å². The second kappa shape index (κ2) is 6.35. The minimum absolute atomic E-state index is 0.0119. The van der Waals surface area contributed by atoms with E-state index in [0.29, 0.717) is 6.54 Å². The highest BCUT2D eigenvalue weighted by atomic mass is 16.5. The molecule has 0 spiro atoms. The molecule has 1 unspecified atom stereocenters. The van der Waals surface area contributed by atoms with Crippen LogP contribution in [0, 0.1) is 0 Å². The van der Waals surface area contributed by atoms with E-state index in [9.17, 15) is 9.90 Å². The second-order valence-electron chi connectivity index (χ2n) is 5.69. The number of ether oxygens (including phenoxy) is 1. The van der Waals surface area contributed by atoms with Crippen LogP contribution in [-0.4, -0.2) is 48.4 Å². The number of carbonyl (C=O) groups is 1. The molecule has 0 aliphatic carbocycles. The second-order valence-corrected chi connectivity index (χ2v) is 5.69. The third-order valence-corrected chi connectivity index (χ3v) is 4.29. The monoisotopic (exact) mass is 290 g/mol. The maximum atomic E-state index is 12.1. The van der Waals surface area contributed by atoms with Crippen LogP contribution in [-0.2, 0) is 12.8 Å². The number of hydrogen-bond acceptors (Lipinski definition) is 3. The van der Waals surface area contributed by atoms with Crippen molar-refractivity contribution in [1.82, 2.24) is 10.2 Å². The Kier molecular flexibility index (Phi) is 4.29. The van der Waals surface area contributed by atoms with Crippen molar-refractivity contribution >= 4 is 6.03 Å². The van der Waals surface area contributed by atoms with E-state index in [4.69, 9.17) is 4.74 Å². The first-order valence-electron chi connectivity index (χ1n) is 7.68. The number of likely N-dealkylation sites (tertiary alicyclic amines) is 1. The first kappa shape index (κ1) is 14.2. The van der Waals surface area contributed by atoms with Gasteiger partial charge in [0.25, 0.3) is 0 Å². The van der Waals surface area contributed by atoms with Gasteiger partial charge in [0.2, 0.25) is 0 Å². The molecule has 2 amide bonds. The fourth-order valence-corrected chi connectivity index (χ4v) is 3.10. The van der Waals surface area contributed by atoms with Crippen molar-refractivity contribution < 1.29 is 14.6 Å². The molecule has 114 valence electrons. The van der Waals surface area contributed by atoms with Crippen LogP contribution in [0.3, 0.4) is 0 Å². The fraction of sp³-hybridized carbons (Fsp3) is 0.562. The Labute approximate surface area is 124 Å². The van der Waals surface area contributed by atoms with Gasteiger partial charge in [0.05, 0.1) is 19.3 Å². The molecule has 2 heterocycles. The molecular weight excluding hydrogens is 268 g/mol. The van der Waals surface area contributed by atoms with Gasteiger partial charge in [0.1, 0.15) is 5.75 Å². The van der Waals surface area contributed by atoms with Crippen LogP contribution in [0.5, 0.6) is 5.75 Å². The average Bonchev–Trinajstić information content (AvgIpc) is 3.15. The van der Waals surface area contributed by atoms with E-state index in [1.807, 2.05) is 6.07 Å². The molecule has 0 bridgehead atoms. The summed E-state index contributed by atoms with van der Waals surface area (Å²) in [5, 5.41) is 12.2. The van der Waals surface area contributed by atoms with Crippen molar-refractivity contribution in [2.24, 2.45) is 0 Å². The molecule has 21 heavy (non-hydrogen) atoms. The molecule has 1 aromatic carbocycles. The van der Waals surface area contributed by atoms with E-state index in [0.717, 1.165) is 44.6 Å². The van der Waals surface area contributed by atoms with Gasteiger partial charge in [-0.1, -0.05) is 12.1 Å². The number of aliphatic hydroxyl groups excluding tert-OH is 1. The molecule has 2 aliphatic heterocycles. The number of nitrogens with one attached hydrogen (secondary N) is 1. The highest BCUT2D eigenvalue weighted by Crippen LogP contribution is 2.25. The number of urea groups is 1. The predicted molar refractivity (Wildman–Crippen MR) is 79.6 cm³/mol. The zero-order valence-corrected chi connectivity index (χ0v) is 12.2. The molecule has 0 radical (unpaired) electrons. The molecule has 2 N–H and O–H groups in total. The SMILES string of the molecule is O=C(NCCc1ccc2c(c1)CCO2)N1CCCC1CO. The first-order valence-corrected chi connectivity index (χ1v) is 7.68. The molecule has 1 fully saturated rings. The Morgan fingerprint density at radius 1 is 1.48 bits per heavy atom. The van der Waals surface area contributed by atoms with Crippen molar-refractivity contribution in [1.29, 1.82) is 0 Å². The number of hydrogen-bond donors (Lipinski definition) is 2. The number of carbonyl (C=O) groups excluding carboxylic acids is 1. The van der Waals surface area contributed by atoms with Crippen LogP contribution in [0.1, 0.15) is 24.0 Å². The number of rotatable bonds is 4. The van der Waals surface area contributed by atoms with Crippen LogP contribution in [0.25, 0.3) is 0 Å². The number of aliphatic hydroxyl groups is 1. The lowest BCUT2D eigenvalue weighted by atomic mass is 10.1. The zero-order valence-electron chi connectivity index (χ0n) is 12.2. The summed E-state index contributed by atoms with van der Waals surface area (Å²) >= 11 is 0. The smallest absolute Gasteiger partial charge is 0.317 e. The van der Waals surface area contributed by atoms with Crippen molar-refractivity contribution in [3.05, 3.63) is 29.3 Å². The highest BCUT2D eigenvalue weighted by Gasteiger charge is 2.27. The molecule has 5 nitrogen and oxygen atoms in total. The van der Waals surface area contributed by atoms with E-state index >= 15 is 0 Å². The Bertz CT molecular complexity index is 518. The predicted octanol–water partition coefficient (Wildman–Crippen LogP) is 1.33. The van der Waals surface area contributed by atoms with Gasteiger partial charge in [-0.3, -0.25) is 0 Å². The van der Waals surface area contributed by atoms with Gasteiger partial charge >= 0.3 is 6.03 Å². The average molecular weight is 290 g/mol. The van der Waals surface area contributed by atoms with Crippen molar-refractivity contribution in [3.8, 4) is 5.75 Å². The topological polar surface area (TPSA) is 61.8 Å². The maximum Gasteiger partial charge on any atom is 0.317 e. The van der Waals surface area contributed by atoms with E-state index in [1.54, 1.807) is 4.90 Å². The van der Waals surface area contributed by atoms with Crippen LogP contribution in [0.2, 0.25) is 0 Å². The number of amides is 2. The van der Waals surface area contributed by atoms with E-state index in [-0.39, 0.29) is 18.7 Å². The molecule has 0 aromatic heterocycles. The first-order chi connectivity index (χ1) is 10.3. The summed E-state index contributed by atoms with van der Waals surface area (Å²) < 4.78 is 5.49. The van der Waals surface area contributed by atoms with E-state index < -0.39 is 0 Å². The van der Waals surface area contributed by atoms with Gasteiger partial charge in [-0.05, 0) is 36.5 Å². The lowest BCUT2D eigenvalue weighted by Gasteiger charge is -2.23. The highest BCUT2D eigenvalue weighted by molar-refractivity contribution is 5.74. The van der Waals surface area contributed by atoms with Gasteiger partial charge in [-0.15, -0.1) is 0 Å². The van der Waals surface area contributed by atoms with Crippen LogP contribution < -0.4 is 10.1 Å². The lowest BCUT2D eigenvalue weighted by molar-refractivity contribution is 0.157. The van der Waals surface area contributed by atoms with Crippen LogP contribution in [0.4, 0.5) is 4.79 Å². The van der Waals surface area contributed by atoms with Crippen LogP contribution in [0.15, 0.2) is 18.2 Å². The van der Waals surface area contributed by atoms with E-state index in [2.05, 4.69) is 17.4 Å². The summed E-state index contributed by atoms with van der Waals surface area (Å²) in [6.07, 6.45) is 3.66. The summed E-state index contributed by atoms with van der Waals surface area (Å²) in [4.78, 5) is 13.8. The lowest BCUT2D eigenvalue weighted by Crippen LogP contribution is -2.44. The standard InChI is InChI=1S/C16H22N2O3/c19-11-14-2-1-8-18(14)16(20)17-7-5-12-3-4-15-13(10-12)6-9-21-15/h3-4,10,14,19H,1-2,5-9,11H2,(H,17,20). The summed E-state index contributed by atoms with van der Waals surface area (Å²) in [6.45, 7) is 2.19. The van der Waals surface area contributed by atoms with Crippen molar-refractivity contribution in [2.45, 2.75) is 31.7 Å². The Balaban J connectivity index is 1.48. The summed E-state index contributed by atoms with van der Waals surface area (Å²) in [5.74, 6) is 0.991. The Morgan fingerprint density at radius 3 is 3.24 bits per heavy atom. The quantitative estimate of drug-likeness (QED) is 0.879. The zero-order chi connectivity index (χ0) is 14.7. The molecule has 1 saturated heterocycles. The fourth-order valence-electron chi connectivity index (χ4n) is 3.10. The molecule has 1 atom stereocenters. The number of fused-ring (bicyclic) bond motifs is 1. The third-order valence-electron chi connectivity index (χ3n) is 4.29. The number of benzene rings is 1. The molecule has 3 rings (SSSR count). The summed E-state index contributed by atoms with van der Waals surface area (Å²) in [6, 6.07) is 6.17. The van der Waals surface area contributed by atoms with Gasteiger partial charge in [0, 0.05) is 19.5 Å². The normalized spacial score (nSPS) is 20.2. The molecule has 0 saturated carbocycles. The van der Waals surface area contributed by atoms with Gasteiger partial charge < -0.3 is 20.1 Å². The third kappa shape index (κ3) is 3.13. The maximum absolute atomic E-state index is 12.1. The molecule has 2 aliphatic rings. The van der Waals surface area contributed by atoms with E-state index in [1.165, 1.54) is 11.1 Å². The van der Waals surface area contributed by atoms with Gasteiger partial charge in [0.15, 0.2) is 0 Å². The number of nitrogens with zero attached hydrogens (tertiary/aromatic N) is 1. The van der Waals surface area contributed by atoms with Crippen molar-refractivity contribution in [3.63, 3.8) is 0 Å². The largest absolute Gasteiger partial charge is 0.493 e. The van der Waals surface area contributed by atoms with Gasteiger partial charge in [-0.25, -0.2) is 4.79 Å². The van der Waals surface area contributed by atoms with Crippen molar-refractivity contribution in [2.75, 3.05) is 26.3 Å². The summed E-state index contributed by atoms with van der Waals surface area (Å²) in [7, 11) is 0. The minimum atomic E-state index is -0.0592. The minimum Gasteiger partial charge on any atom is -0.493 e. The Morgan fingerprint density at radius 2 is 2.38 bits per heavy atom. The Hall–Kier alpha value is -1.75. The van der Waals surface area contributed by atoms with Gasteiger partial charge in [-0.2, -0.15) is 0 Å².